The number of halogens is 2. The number of alkyl halides is 2. The molecule has 1 aliphatic rings. The van der Waals surface area contributed by atoms with Crippen molar-refractivity contribution in [3.63, 3.8) is 0 Å². The maximum absolute atomic E-state index is 12.8. The molecule has 7 nitrogen and oxygen atoms in total. The molecule has 1 fully saturated rings. The number of ether oxygens (including phenoxy) is 2. The van der Waals surface area contributed by atoms with Crippen LogP contribution in [-0.4, -0.2) is 48.8 Å². The highest BCUT2D eigenvalue weighted by Crippen LogP contribution is 2.35. The van der Waals surface area contributed by atoms with E-state index in [4.69, 9.17) is 9.15 Å². The molecule has 1 aromatic heterocycles. The predicted octanol–water partition coefficient (Wildman–Crippen LogP) is 2.64. The van der Waals surface area contributed by atoms with Crippen LogP contribution >= 0.6 is 0 Å². The fourth-order valence-corrected chi connectivity index (χ4v) is 3.25. The smallest absolute Gasteiger partial charge is 0.387 e. The number of morpholine rings is 1. The largest absolute Gasteiger partial charge is 0.502 e. The van der Waals surface area contributed by atoms with E-state index in [1.807, 2.05) is 0 Å². The highest BCUT2D eigenvalue weighted by atomic mass is 19.3. The zero-order chi connectivity index (χ0) is 21.0. The van der Waals surface area contributed by atoms with Crippen LogP contribution in [0, 0.1) is 6.92 Å². The quantitative estimate of drug-likeness (QED) is 0.789. The van der Waals surface area contributed by atoms with E-state index < -0.39 is 23.7 Å². The van der Waals surface area contributed by atoms with E-state index in [-0.39, 0.29) is 29.6 Å². The summed E-state index contributed by atoms with van der Waals surface area (Å²) in [7, 11) is 0. The second-order valence-electron chi connectivity index (χ2n) is 6.64. The molecule has 9 heteroatoms. The predicted molar refractivity (Wildman–Crippen MR) is 98.3 cm³/mol. The molecule has 0 bridgehead atoms. The van der Waals surface area contributed by atoms with Gasteiger partial charge in [-0.15, -0.1) is 0 Å². The van der Waals surface area contributed by atoms with Crippen LogP contribution < -0.4 is 10.2 Å². The third-order valence-corrected chi connectivity index (χ3v) is 4.62. The summed E-state index contributed by atoms with van der Waals surface area (Å²) in [4.78, 5) is 26.5. The lowest BCUT2D eigenvalue weighted by atomic mass is 9.91. The maximum Gasteiger partial charge on any atom is 0.387 e. The Morgan fingerprint density at radius 1 is 1.28 bits per heavy atom. The lowest BCUT2D eigenvalue weighted by Crippen LogP contribution is -2.41. The minimum absolute atomic E-state index is 0.0918. The van der Waals surface area contributed by atoms with Crippen molar-refractivity contribution >= 4 is 5.91 Å². The van der Waals surface area contributed by atoms with E-state index in [1.54, 1.807) is 17.9 Å². The first-order chi connectivity index (χ1) is 13.8. The van der Waals surface area contributed by atoms with E-state index >= 15 is 0 Å². The molecule has 0 radical (unpaired) electrons. The number of rotatable bonds is 6. The first-order valence-electron chi connectivity index (χ1n) is 9.09. The van der Waals surface area contributed by atoms with E-state index in [2.05, 4.69) is 4.74 Å². The van der Waals surface area contributed by atoms with Gasteiger partial charge in [0.25, 0.3) is 0 Å². The third kappa shape index (κ3) is 5.11. The molecule has 1 atom stereocenters. The van der Waals surface area contributed by atoms with Gasteiger partial charge < -0.3 is 23.9 Å². The second-order valence-corrected chi connectivity index (χ2v) is 6.64. The van der Waals surface area contributed by atoms with Gasteiger partial charge in [0.05, 0.1) is 19.1 Å². The molecule has 2 heterocycles. The van der Waals surface area contributed by atoms with E-state index in [1.165, 1.54) is 18.2 Å². The van der Waals surface area contributed by atoms with Crippen molar-refractivity contribution in [1.82, 2.24) is 4.90 Å². The molecule has 29 heavy (non-hydrogen) atoms. The summed E-state index contributed by atoms with van der Waals surface area (Å²) < 4.78 is 40.5. The summed E-state index contributed by atoms with van der Waals surface area (Å²) >= 11 is 0. The average molecular weight is 409 g/mol. The molecule has 0 aliphatic carbocycles. The van der Waals surface area contributed by atoms with Crippen LogP contribution in [0.3, 0.4) is 0 Å². The van der Waals surface area contributed by atoms with Crippen LogP contribution in [0.1, 0.15) is 29.4 Å². The Morgan fingerprint density at radius 2 is 2.00 bits per heavy atom. The number of aromatic hydroxyl groups is 1. The Labute approximate surface area is 165 Å². The zero-order valence-corrected chi connectivity index (χ0v) is 15.8. The molecule has 1 aliphatic heterocycles. The first-order valence-corrected chi connectivity index (χ1v) is 9.09. The average Bonchev–Trinajstić information content (AvgIpc) is 2.69. The number of carbonyl (C=O) groups is 1. The van der Waals surface area contributed by atoms with Gasteiger partial charge in [-0.2, -0.15) is 8.78 Å². The fourth-order valence-electron chi connectivity index (χ4n) is 3.25. The third-order valence-electron chi connectivity index (χ3n) is 4.62. The van der Waals surface area contributed by atoms with Gasteiger partial charge in [-0.3, -0.25) is 9.59 Å². The number of hydrogen-bond donors (Lipinski definition) is 1. The topological polar surface area (TPSA) is 89.2 Å². The van der Waals surface area contributed by atoms with Gasteiger partial charge in [-0.1, -0.05) is 12.1 Å². The van der Waals surface area contributed by atoms with E-state index in [0.29, 0.717) is 31.9 Å². The number of carbonyl (C=O) groups excluding carboxylic acids is 1. The van der Waals surface area contributed by atoms with Crippen LogP contribution in [0.4, 0.5) is 8.78 Å². The summed E-state index contributed by atoms with van der Waals surface area (Å²) in [5.74, 6) is -1.65. The van der Waals surface area contributed by atoms with Crippen LogP contribution in [-0.2, 0) is 9.53 Å². The first kappa shape index (κ1) is 20.8. The number of nitrogens with zero attached hydrogens (tertiary/aromatic N) is 1. The molecule has 1 aromatic carbocycles. The number of hydrogen-bond acceptors (Lipinski definition) is 6. The summed E-state index contributed by atoms with van der Waals surface area (Å²) in [6.45, 7) is 0.205. The maximum atomic E-state index is 12.8. The van der Waals surface area contributed by atoms with Crippen LogP contribution in [0.2, 0.25) is 0 Å². The monoisotopic (exact) mass is 409 g/mol. The standard InChI is InChI=1S/C20H21F2NO6/c1-12-9-16(24)18(26)19(28-12)15(11-17(25)23-5-7-27-8-6-23)13-3-2-4-14(10-13)29-20(21)22/h2-4,9-10,15,20,26H,5-8,11H2,1H3. The van der Waals surface area contributed by atoms with E-state index in [9.17, 15) is 23.5 Å². The van der Waals surface area contributed by atoms with Crippen molar-refractivity contribution in [1.29, 1.82) is 0 Å². The van der Waals surface area contributed by atoms with Crippen molar-refractivity contribution in [2.24, 2.45) is 0 Å². The molecule has 0 saturated carbocycles. The van der Waals surface area contributed by atoms with Crippen LogP contribution in [0.25, 0.3) is 0 Å². The molecule has 1 unspecified atom stereocenters. The Bertz CT molecular complexity index is 923. The van der Waals surface area contributed by atoms with Crippen LogP contribution in [0.5, 0.6) is 11.5 Å². The lowest BCUT2D eigenvalue weighted by Gasteiger charge is -2.28. The molecule has 156 valence electrons. The second kappa shape index (κ2) is 9.04. The molecule has 3 rings (SSSR count). The fraction of sp³-hybridized carbons (Fsp3) is 0.400. The number of aryl methyl sites for hydroxylation is 1. The van der Waals surface area contributed by atoms with Gasteiger partial charge in [-0.25, -0.2) is 0 Å². The van der Waals surface area contributed by atoms with Gasteiger partial charge in [0.1, 0.15) is 11.5 Å². The Kier molecular flexibility index (Phi) is 6.48. The van der Waals surface area contributed by atoms with Gasteiger partial charge in [-0.05, 0) is 24.6 Å². The van der Waals surface area contributed by atoms with Crippen molar-refractivity contribution in [2.45, 2.75) is 25.9 Å². The summed E-state index contributed by atoms with van der Waals surface area (Å²) in [6.07, 6.45) is -0.127. The number of benzene rings is 1. The SMILES string of the molecule is Cc1cc(=O)c(O)c(C(CC(=O)N2CCOCC2)c2cccc(OC(F)F)c2)o1. The van der Waals surface area contributed by atoms with Crippen LogP contribution in [0.15, 0.2) is 39.5 Å². The van der Waals surface area contributed by atoms with Gasteiger partial charge in [0.2, 0.25) is 17.1 Å². The minimum atomic E-state index is -3.01. The summed E-state index contributed by atoms with van der Waals surface area (Å²) in [5.41, 5.74) is -0.249. The van der Waals surface area contributed by atoms with E-state index in [0.717, 1.165) is 6.07 Å². The van der Waals surface area contributed by atoms with Gasteiger partial charge in [0.15, 0.2) is 5.76 Å². The molecular weight excluding hydrogens is 388 g/mol. The van der Waals surface area contributed by atoms with Crippen molar-refractivity contribution < 1.29 is 32.6 Å². The summed E-state index contributed by atoms with van der Waals surface area (Å²) in [5, 5.41) is 10.3. The highest BCUT2D eigenvalue weighted by Gasteiger charge is 2.29. The molecule has 0 spiro atoms. The lowest BCUT2D eigenvalue weighted by molar-refractivity contribution is -0.135. The molecule has 2 aromatic rings. The molecular formula is C20H21F2NO6. The summed E-state index contributed by atoms with van der Waals surface area (Å²) in [6, 6.07) is 6.91. The Balaban J connectivity index is 2.00. The highest BCUT2D eigenvalue weighted by molar-refractivity contribution is 5.78. The van der Waals surface area contributed by atoms with Gasteiger partial charge >= 0.3 is 6.61 Å². The van der Waals surface area contributed by atoms with Gasteiger partial charge in [0, 0.05) is 25.6 Å². The number of amides is 1. The molecule has 1 N–H and O–H groups in total. The van der Waals surface area contributed by atoms with Crippen molar-refractivity contribution in [2.75, 3.05) is 26.3 Å². The molecule has 1 amide bonds. The van der Waals surface area contributed by atoms with Crippen molar-refractivity contribution in [3.8, 4) is 11.5 Å². The normalized spacial score (nSPS) is 15.4. The molecule has 1 saturated heterocycles. The minimum Gasteiger partial charge on any atom is -0.502 e. The zero-order valence-electron chi connectivity index (χ0n) is 15.8. The Hall–Kier alpha value is -2.94. The van der Waals surface area contributed by atoms with Crippen molar-refractivity contribution in [3.05, 3.63) is 57.6 Å². The Morgan fingerprint density at radius 3 is 2.69 bits per heavy atom.